The van der Waals surface area contributed by atoms with Gasteiger partial charge in [-0.25, -0.2) is 9.78 Å². The number of aromatic nitrogens is 1. The second-order valence-electron chi connectivity index (χ2n) is 5.82. The van der Waals surface area contributed by atoms with Gasteiger partial charge in [0.15, 0.2) is 0 Å². The predicted octanol–water partition coefficient (Wildman–Crippen LogP) is 1.65. The number of amides is 1. The average Bonchev–Trinajstić information content (AvgIpc) is 2.81. The summed E-state index contributed by atoms with van der Waals surface area (Å²) in [4.78, 5) is 16.5. The van der Waals surface area contributed by atoms with Gasteiger partial charge in [0.05, 0.1) is 11.7 Å². The van der Waals surface area contributed by atoms with Crippen LogP contribution >= 0.6 is 27.3 Å². The summed E-state index contributed by atoms with van der Waals surface area (Å²) in [5.41, 5.74) is 0.498. The van der Waals surface area contributed by atoms with E-state index < -0.39 is 11.7 Å². The highest BCUT2D eigenvalue weighted by Gasteiger charge is 2.26. The molecule has 0 aromatic carbocycles. The van der Waals surface area contributed by atoms with E-state index in [1.807, 2.05) is 26.2 Å². The summed E-state index contributed by atoms with van der Waals surface area (Å²) in [6, 6.07) is -0.104. The number of alkyl halides is 1. The second-order valence-corrected chi connectivity index (χ2v) is 7.27. The van der Waals surface area contributed by atoms with E-state index in [4.69, 9.17) is 4.74 Å². The van der Waals surface area contributed by atoms with E-state index in [-0.39, 0.29) is 23.0 Å². The molecule has 0 spiro atoms. The van der Waals surface area contributed by atoms with Gasteiger partial charge in [0.25, 0.3) is 0 Å². The Kier molecular flexibility index (Phi) is 9.04. The Morgan fingerprint density at radius 3 is 2.57 bits per heavy atom. The average molecular weight is 443 g/mol. The van der Waals surface area contributed by atoms with Crippen molar-refractivity contribution in [3.63, 3.8) is 0 Å². The first kappa shape index (κ1) is 20.9. The molecule has 1 amide bonds. The number of alkyl carbamates (subject to hydrolysis) is 1. The van der Waals surface area contributed by atoms with Crippen LogP contribution in [0.15, 0.2) is 5.38 Å². The minimum absolute atomic E-state index is 0. The van der Waals surface area contributed by atoms with E-state index in [1.165, 1.54) is 0 Å². The topological polar surface area (TPSA) is 51.2 Å². The number of thiazole rings is 1. The largest absolute Gasteiger partial charge is 1.00 e. The fourth-order valence-corrected chi connectivity index (χ4v) is 3.15. The van der Waals surface area contributed by atoms with Crippen molar-refractivity contribution in [3.8, 4) is 0 Å². The minimum atomic E-state index is -0.492. The van der Waals surface area contributed by atoms with Crippen molar-refractivity contribution in [1.29, 1.82) is 0 Å². The maximum absolute atomic E-state index is 12.0. The lowest BCUT2D eigenvalue weighted by molar-refractivity contribution is -0.0000277. The molecule has 0 aliphatic rings. The normalized spacial score (nSPS) is 14.0. The highest BCUT2D eigenvalue weighted by Crippen LogP contribution is 2.28. The quantitative estimate of drug-likeness (QED) is 0.705. The lowest BCUT2D eigenvalue weighted by Crippen LogP contribution is -3.00. The van der Waals surface area contributed by atoms with Crippen LogP contribution in [0.4, 0.5) is 4.79 Å². The zero-order chi connectivity index (χ0) is 15.3. The van der Waals surface area contributed by atoms with Crippen LogP contribution < -0.4 is 22.3 Å². The van der Waals surface area contributed by atoms with Crippen molar-refractivity contribution in [1.82, 2.24) is 10.3 Å². The molecule has 0 radical (unpaired) electrons. The van der Waals surface area contributed by atoms with Crippen LogP contribution in [0.5, 0.6) is 0 Å². The fourth-order valence-electron chi connectivity index (χ4n) is 1.64. The molecule has 1 N–H and O–H groups in total. The van der Waals surface area contributed by atoms with Gasteiger partial charge in [-0.2, -0.15) is 0 Å². The molecule has 0 saturated heterocycles. The van der Waals surface area contributed by atoms with Gasteiger partial charge in [0.2, 0.25) is 0 Å². The Hall–Kier alpha value is -0.140. The maximum atomic E-state index is 12.0. The number of halogens is 2. The highest BCUT2D eigenvalue weighted by molar-refractivity contribution is 9.08. The van der Waals surface area contributed by atoms with E-state index in [1.54, 1.807) is 11.3 Å². The SMILES string of the molecule is CC[C@H](C)[C@H](NC(=O)OC(C)(C)C)c1nc(CBr)cs1.[Br-]. The smallest absolute Gasteiger partial charge is 0.408 e. The van der Waals surface area contributed by atoms with Crippen molar-refractivity contribution in [2.45, 2.75) is 58.0 Å². The van der Waals surface area contributed by atoms with Gasteiger partial charge in [-0.05, 0) is 26.7 Å². The summed E-state index contributed by atoms with van der Waals surface area (Å²) in [6.45, 7) is 9.79. The third kappa shape index (κ3) is 7.10. The molecule has 21 heavy (non-hydrogen) atoms. The Bertz CT molecular complexity index is 446. The summed E-state index contributed by atoms with van der Waals surface area (Å²) in [6.07, 6.45) is 0.572. The van der Waals surface area contributed by atoms with Gasteiger partial charge in [-0.3, -0.25) is 0 Å². The molecule has 0 aliphatic carbocycles. The number of rotatable bonds is 5. The molecule has 1 aromatic rings. The van der Waals surface area contributed by atoms with Gasteiger partial charge in [-0.15, -0.1) is 11.3 Å². The summed E-state index contributed by atoms with van der Waals surface area (Å²) in [5, 5.41) is 6.62. The number of hydrogen-bond acceptors (Lipinski definition) is 4. The summed E-state index contributed by atoms with van der Waals surface area (Å²) < 4.78 is 5.34. The number of hydrogen-bond donors (Lipinski definition) is 1. The molecule has 0 saturated carbocycles. The summed E-state index contributed by atoms with van der Waals surface area (Å²) in [7, 11) is 0. The molecule has 1 aromatic heterocycles. The van der Waals surface area contributed by atoms with Crippen LogP contribution in [0.25, 0.3) is 0 Å². The summed E-state index contributed by atoms with van der Waals surface area (Å²) >= 11 is 4.97. The van der Waals surface area contributed by atoms with E-state index in [0.717, 1.165) is 22.5 Å². The molecular weight excluding hydrogens is 420 g/mol. The first-order valence-electron chi connectivity index (χ1n) is 6.76. The molecule has 0 bridgehead atoms. The third-order valence-corrected chi connectivity index (χ3v) is 4.41. The second kappa shape index (κ2) is 9.10. The van der Waals surface area contributed by atoms with Gasteiger partial charge in [0, 0.05) is 10.7 Å². The number of ether oxygens (including phenoxy) is 1. The van der Waals surface area contributed by atoms with Gasteiger partial charge in [-0.1, -0.05) is 36.2 Å². The molecule has 0 aliphatic heterocycles. The fraction of sp³-hybridized carbons (Fsp3) is 0.714. The Morgan fingerprint density at radius 1 is 1.52 bits per heavy atom. The maximum Gasteiger partial charge on any atom is 0.408 e. The van der Waals surface area contributed by atoms with Crippen LogP contribution in [-0.4, -0.2) is 16.7 Å². The molecule has 4 nitrogen and oxygen atoms in total. The van der Waals surface area contributed by atoms with Crippen molar-refractivity contribution >= 4 is 33.4 Å². The molecule has 0 unspecified atom stereocenters. The van der Waals surface area contributed by atoms with E-state index >= 15 is 0 Å². The molecule has 0 fully saturated rings. The predicted molar refractivity (Wildman–Crippen MR) is 86.3 cm³/mol. The van der Waals surface area contributed by atoms with E-state index in [9.17, 15) is 4.79 Å². The first-order chi connectivity index (χ1) is 9.26. The monoisotopic (exact) mass is 441 g/mol. The van der Waals surface area contributed by atoms with Crippen LogP contribution in [0.3, 0.4) is 0 Å². The van der Waals surface area contributed by atoms with Crippen molar-refractivity contribution in [2.24, 2.45) is 5.92 Å². The Labute approximate surface area is 150 Å². The molecule has 2 atom stereocenters. The lowest BCUT2D eigenvalue weighted by Gasteiger charge is -2.25. The number of nitrogens with zero attached hydrogens (tertiary/aromatic N) is 1. The highest BCUT2D eigenvalue weighted by atomic mass is 79.9. The molecule has 1 rings (SSSR count). The van der Waals surface area contributed by atoms with Crippen LogP contribution in [0.2, 0.25) is 0 Å². The third-order valence-electron chi connectivity index (χ3n) is 2.86. The first-order valence-corrected chi connectivity index (χ1v) is 8.76. The van der Waals surface area contributed by atoms with Gasteiger partial charge in [0.1, 0.15) is 10.6 Å². The molecular formula is C14H23Br2N2O2S-. The van der Waals surface area contributed by atoms with E-state index in [2.05, 4.69) is 40.1 Å². The molecule has 1 heterocycles. The van der Waals surface area contributed by atoms with Crippen LogP contribution in [-0.2, 0) is 10.1 Å². The standard InChI is InChI=1S/C14H23BrN2O2S.BrH/c1-6-9(2)11(12-16-10(7-15)8-20-12)17-13(18)19-14(3,4)5;/h8-9,11H,6-7H2,1-5H3,(H,17,18);1H/p-1/t9-,11-;/m0./s1. The van der Waals surface area contributed by atoms with Crippen molar-refractivity contribution in [3.05, 3.63) is 16.1 Å². The summed E-state index contributed by atoms with van der Waals surface area (Å²) in [5.74, 6) is 0.303. The minimum Gasteiger partial charge on any atom is -1.00 e. The van der Waals surface area contributed by atoms with Crippen molar-refractivity contribution in [2.75, 3.05) is 0 Å². The zero-order valence-electron chi connectivity index (χ0n) is 13.1. The Morgan fingerprint density at radius 2 is 2.14 bits per heavy atom. The van der Waals surface area contributed by atoms with Gasteiger partial charge >= 0.3 is 6.09 Å². The number of carbonyl (C=O) groups is 1. The Balaban J connectivity index is 0.00000400. The van der Waals surface area contributed by atoms with Gasteiger partial charge < -0.3 is 27.0 Å². The molecule has 122 valence electrons. The number of carbonyl (C=O) groups excluding carboxylic acids is 1. The van der Waals surface area contributed by atoms with E-state index in [0.29, 0.717) is 5.92 Å². The molecule has 7 heteroatoms. The number of nitrogens with one attached hydrogen (secondary N) is 1. The van der Waals surface area contributed by atoms with Crippen LogP contribution in [0, 0.1) is 5.92 Å². The van der Waals surface area contributed by atoms with Crippen LogP contribution in [0.1, 0.15) is 57.8 Å². The lowest BCUT2D eigenvalue weighted by atomic mass is 10.00. The zero-order valence-corrected chi connectivity index (χ0v) is 17.1. The van der Waals surface area contributed by atoms with Crippen molar-refractivity contribution < 1.29 is 26.5 Å².